The van der Waals surface area contributed by atoms with Crippen molar-refractivity contribution >= 4 is 34.0 Å². The molecule has 3 aromatic rings. The van der Waals surface area contributed by atoms with Crippen LogP contribution in [-0.2, 0) is 11.0 Å². The summed E-state index contributed by atoms with van der Waals surface area (Å²) in [7, 11) is 0. The molecule has 0 aliphatic carbocycles. The van der Waals surface area contributed by atoms with Crippen molar-refractivity contribution in [1.29, 1.82) is 0 Å². The Balaban J connectivity index is 1.76. The zero-order chi connectivity index (χ0) is 19.6. The van der Waals surface area contributed by atoms with Crippen LogP contribution in [0.5, 0.6) is 5.75 Å². The van der Waals surface area contributed by atoms with E-state index < -0.39 is 28.8 Å². The molecule has 0 heterocycles. The quantitative estimate of drug-likeness (QED) is 0.597. The molecule has 0 aliphatic rings. The van der Waals surface area contributed by atoms with E-state index in [0.717, 1.165) is 22.9 Å². The Morgan fingerprint density at radius 2 is 1.78 bits per heavy atom. The van der Waals surface area contributed by atoms with Gasteiger partial charge in [0.05, 0.1) is 10.6 Å². The summed E-state index contributed by atoms with van der Waals surface area (Å²) in [5, 5.41) is 3.79. The van der Waals surface area contributed by atoms with E-state index in [0.29, 0.717) is 5.75 Å². The van der Waals surface area contributed by atoms with Crippen LogP contribution in [0, 0.1) is 0 Å². The van der Waals surface area contributed by atoms with Gasteiger partial charge in [0.1, 0.15) is 5.75 Å². The van der Waals surface area contributed by atoms with Crippen molar-refractivity contribution in [2.24, 2.45) is 0 Å². The van der Waals surface area contributed by atoms with Gasteiger partial charge in [-0.25, -0.2) is 0 Å². The minimum atomic E-state index is -4.61. The number of hydrogen-bond acceptors (Lipinski definition) is 2. The molecule has 0 saturated heterocycles. The Morgan fingerprint density at radius 1 is 1.07 bits per heavy atom. The van der Waals surface area contributed by atoms with Crippen molar-refractivity contribution in [3.63, 3.8) is 0 Å². The number of fused-ring (bicyclic) bond motifs is 1. The summed E-state index contributed by atoms with van der Waals surface area (Å²) < 4.78 is 44.5. The number of anilines is 1. The van der Waals surface area contributed by atoms with Gasteiger partial charge in [-0.1, -0.05) is 48.0 Å². The molecule has 27 heavy (non-hydrogen) atoms. The zero-order valence-corrected chi connectivity index (χ0v) is 14.9. The number of alkyl halides is 3. The van der Waals surface area contributed by atoms with E-state index in [1.807, 2.05) is 30.3 Å². The first kappa shape index (κ1) is 19.0. The Labute approximate surface area is 158 Å². The Kier molecular flexibility index (Phi) is 5.28. The van der Waals surface area contributed by atoms with E-state index in [2.05, 4.69) is 5.32 Å². The highest BCUT2D eigenvalue weighted by atomic mass is 35.5. The Morgan fingerprint density at radius 3 is 2.52 bits per heavy atom. The Bertz CT molecular complexity index is 983. The van der Waals surface area contributed by atoms with Gasteiger partial charge in [0, 0.05) is 11.1 Å². The standard InChI is InChI=1S/C20H15ClF3NO2/c1-12(27-18-8-4-6-13-5-2-3-7-15(13)18)19(26)25-14-9-10-17(21)16(11-14)20(22,23)24/h2-12H,1H3,(H,25,26)/t12-/m0/s1. The second-order valence-electron chi connectivity index (χ2n) is 5.92. The maximum Gasteiger partial charge on any atom is 0.417 e. The van der Waals surface area contributed by atoms with Gasteiger partial charge in [-0.2, -0.15) is 13.2 Å². The predicted molar refractivity (Wildman–Crippen MR) is 99.1 cm³/mol. The van der Waals surface area contributed by atoms with Gasteiger partial charge in [-0.05, 0) is 36.6 Å². The van der Waals surface area contributed by atoms with E-state index in [4.69, 9.17) is 16.3 Å². The van der Waals surface area contributed by atoms with Crippen molar-refractivity contribution in [2.45, 2.75) is 19.2 Å². The first-order valence-corrected chi connectivity index (χ1v) is 8.45. The lowest BCUT2D eigenvalue weighted by molar-refractivity contribution is -0.137. The first-order valence-electron chi connectivity index (χ1n) is 8.08. The molecule has 0 saturated carbocycles. The van der Waals surface area contributed by atoms with Gasteiger partial charge in [-0.3, -0.25) is 4.79 Å². The summed E-state index contributed by atoms with van der Waals surface area (Å²) in [6.07, 6.45) is -5.52. The third kappa shape index (κ3) is 4.34. The molecule has 0 fully saturated rings. The summed E-state index contributed by atoms with van der Waals surface area (Å²) >= 11 is 5.59. The molecule has 0 aliphatic heterocycles. The third-order valence-corrected chi connectivity index (χ3v) is 4.29. The highest BCUT2D eigenvalue weighted by molar-refractivity contribution is 6.31. The second kappa shape index (κ2) is 7.48. The van der Waals surface area contributed by atoms with E-state index in [9.17, 15) is 18.0 Å². The van der Waals surface area contributed by atoms with Crippen molar-refractivity contribution in [3.05, 3.63) is 71.2 Å². The molecule has 0 spiro atoms. The fraction of sp³-hybridized carbons (Fsp3) is 0.150. The summed E-state index contributed by atoms with van der Waals surface area (Å²) in [6.45, 7) is 1.53. The first-order chi connectivity index (χ1) is 12.8. The molecule has 3 nitrogen and oxygen atoms in total. The van der Waals surface area contributed by atoms with Gasteiger partial charge in [0.2, 0.25) is 0 Å². The number of hydrogen-bond donors (Lipinski definition) is 1. The lowest BCUT2D eigenvalue weighted by Gasteiger charge is -2.17. The van der Waals surface area contributed by atoms with Crippen molar-refractivity contribution in [3.8, 4) is 5.75 Å². The van der Waals surface area contributed by atoms with Crippen molar-refractivity contribution in [2.75, 3.05) is 5.32 Å². The molecule has 1 atom stereocenters. The van der Waals surface area contributed by atoms with Crippen LogP contribution in [0.4, 0.5) is 18.9 Å². The number of carbonyl (C=O) groups excluding carboxylic acids is 1. The fourth-order valence-electron chi connectivity index (χ4n) is 2.61. The largest absolute Gasteiger partial charge is 0.480 e. The predicted octanol–water partition coefficient (Wildman–Crippen LogP) is 5.92. The van der Waals surface area contributed by atoms with E-state index in [-0.39, 0.29) is 5.69 Å². The third-order valence-electron chi connectivity index (χ3n) is 3.96. The topological polar surface area (TPSA) is 38.3 Å². The average Bonchev–Trinajstić information content (AvgIpc) is 2.62. The van der Waals surface area contributed by atoms with Gasteiger partial charge < -0.3 is 10.1 Å². The highest BCUT2D eigenvalue weighted by Gasteiger charge is 2.33. The number of nitrogens with one attached hydrogen (secondary N) is 1. The molecule has 3 rings (SSSR count). The lowest BCUT2D eigenvalue weighted by atomic mass is 10.1. The summed E-state index contributed by atoms with van der Waals surface area (Å²) in [4.78, 5) is 12.3. The van der Waals surface area contributed by atoms with Crippen LogP contribution in [-0.4, -0.2) is 12.0 Å². The van der Waals surface area contributed by atoms with Crippen LogP contribution in [0.2, 0.25) is 5.02 Å². The minimum Gasteiger partial charge on any atom is -0.480 e. The SMILES string of the molecule is C[C@H](Oc1cccc2ccccc12)C(=O)Nc1ccc(Cl)c(C(F)(F)F)c1. The van der Waals surface area contributed by atoms with Crippen molar-refractivity contribution in [1.82, 2.24) is 0 Å². The van der Waals surface area contributed by atoms with E-state index >= 15 is 0 Å². The number of carbonyl (C=O) groups is 1. The molecule has 0 bridgehead atoms. The average molecular weight is 394 g/mol. The van der Waals surface area contributed by atoms with Gasteiger partial charge >= 0.3 is 6.18 Å². The fourth-order valence-corrected chi connectivity index (χ4v) is 2.83. The van der Waals surface area contributed by atoms with E-state index in [1.54, 1.807) is 12.1 Å². The van der Waals surface area contributed by atoms with Crippen LogP contribution in [0.25, 0.3) is 10.8 Å². The molecule has 0 aromatic heterocycles. The molecule has 140 valence electrons. The lowest BCUT2D eigenvalue weighted by Crippen LogP contribution is -2.30. The van der Waals surface area contributed by atoms with Gasteiger partial charge in [0.25, 0.3) is 5.91 Å². The Hall–Kier alpha value is -2.73. The maximum atomic E-state index is 12.9. The van der Waals surface area contributed by atoms with Crippen LogP contribution in [0.15, 0.2) is 60.7 Å². The highest BCUT2D eigenvalue weighted by Crippen LogP contribution is 2.36. The summed E-state index contributed by atoms with van der Waals surface area (Å²) in [5.74, 6) is -0.0544. The molecule has 1 amide bonds. The minimum absolute atomic E-state index is 0.00917. The van der Waals surface area contributed by atoms with Crippen LogP contribution < -0.4 is 10.1 Å². The second-order valence-corrected chi connectivity index (χ2v) is 6.33. The molecule has 0 unspecified atom stereocenters. The van der Waals surface area contributed by atoms with Crippen LogP contribution >= 0.6 is 11.6 Å². The summed E-state index contributed by atoms with van der Waals surface area (Å²) in [5.41, 5.74) is -1.02. The van der Waals surface area contributed by atoms with E-state index in [1.165, 1.54) is 13.0 Å². The molecule has 3 aromatic carbocycles. The normalized spacial score (nSPS) is 12.6. The zero-order valence-electron chi connectivity index (χ0n) is 14.2. The summed E-state index contributed by atoms with van der Waals surface area (Å²) in [6, 6.07) is 16.2. The molecule has 0 radical (unpaired) electrons. The number of ether oxygens (including phenoxy) is 1. The van der Waals surface area contributed by atoms with Crippen molar-refractivity contribution < 1.29 is 22.7 Å². The monoisotopic (exact) mass is 393 g/mol. The number of benzene rings is 3. The maximum absolute atomic E-state index is 12.9. The number of rotatable bonds is 4. The van der Waals surface area contributed by atoms with Crippen LogP contribution in [0.3, 0.4) is 0 Å². The van der Waals surface area contributed by atoms with Crippen LogP contribution in [0.1, 0.15) is 12.5 Å². The molecule has 1 N–H and O–H groups in total. The number of halogens is 4. The van der Waals surface area contributed by atoms with Gasteiger partial charge in [-0.15, -0.1) is 0 Å². The van der Waals surface area contributed by atoms with Gasteiger partial charge in [0.15, 0.2) is 6.10 Å². The molecular formula is C20H15ClF3NO2. The molecular weight excluding hydrogens is 379 g/mol. The number of amides is 1. The smallest absolute Gasteiger partial charge is 0.417 e. The molecule has 7 heteroatoms.